The Labute approximate surface area is 85.5 Å². The van der Waals surface area contributed by atoms with Gasteiger partial charge in [0.15, 0.2) is 0 Å². The standard InChI is InChI=1S/C8H18N2O3S/c1-7-6-10(5-4-8(7)11)14(12,13)9(2)3/h7-8,11H,4-6H2,1-3H3. The highest BCUT2D eigenvalue weighted by molar-refractivity contribution is 7.86. The van der Waals surface area contributed by atoms with Crippen LogP contribution in [0, 0.1) is 5.92 Å². The van der Waals surface area contributed by atoms with E-state index in [0.29, 0.717) is 19.5 Å². The van der Waals surface area contributed by atoms with Crippen LogP contribution in [-0.2, 0) is 10.2 Å². The molecule has 0 aromatic heterocycles. The maximum Gasteiger partial charge on any atom is 0.281 e. The van der Waals surface area contributed by atoms with Crippen molar-refractivity contribution in [3.63, 3.8) is 0 Å². The van der Waals surface area contributed by atoms with Gasteiger partial charge in [0.2, 0.25) is 0 Å². The number of nitrogens with zero attached hydrogens (tertiary/aromatic N) is 2. The highest BCUT2D eigenvalue weighted by Gasteiger charge is 2.32. The Bertz CT molecular complexity index is 289. The van der Waals surface area contributed by atoms with E-state index in [9.17, 15) is 13.5 Å². The van der Waals surface area contributed by atoms with Crippen molar-refractivity contribution >= 4 is 10.2 Å². The summed E-state index contributed by atoms with van der Waals surface area (Å²) in [4.78, 5) is 0. The summed E-state index contributed by atoms with van der Waals surface area (Å²) < 4.78 is 26.0. The van der Waals surface area contributed by atoms with Gasteiger partial charge >= 0.3 is 0 Å². The van der Waals surface area contributed by atoms with Gasteiger partial charge in [-0.1, -0.05) is 6.92 Å². The molecule has 6 heteroatoms. The van der Waals surface area contributed by atoms with Crippen LogP contribution in [-0.4, -0.2) is 55.4 Å². The van der Waals surface area contributed by atoms with Crippen LogP contribution < -0.4 is 0 Å². The van der Waals surface area contributed by atoms with Crippen LogP contribution in [0.3, 0.4) is 0 Å². The van der Waals surface area contributed by atoms with Gasteiger partial charge in [0.05, 0.1) is 6.10 Å². The molecule has 1 aliphatic rings. The predicted molar refractivity (Wildman–Crippen MR) is 54.0 cm³/mol. The maximum absolute atomic E-state index is 11.7. The molecule has 0 amide bonds. The molecule has 0 spiro atoms. The topological polar surface area (TPSA) is 60.9 Å². The minimum atomic E-state index is -3.30. The largest absolute Gasteiger partial charge is 0.393 e. The van der Waals surface area contributed by atoms with E-state index in [1.54, 1.807) is 0 Å². The quantitative estimate of drug-likeness (QED) is 0.685. The predicted octanol–water partition coefficient (Wildman–Crippen LogP) is -0.504. The van der Waals surface area contributed by atoms with Crippen molar-refractivity contribution in [2.45, 2.75) is 19.4 Å². The SMILES string of the molecule is CC1CN(S(=O)(=O)N(C)C)CCC1O. The molecular weight excluding hydrogens is 204 g/mol. The number of aliphatic hydroxyl groups excluding tert-OH is 1. The fourth-order valence-electron chi connectivity index (χ4n) is 1.54. The number of piperidine rings is 1. The van der Waals surface area contributed by atoms with Crippen LogP contribution in [0.25, 0.3) is 0 Å². The average molecular weight is 222 g/mol. The van der Waals surface area contributed by atoms with Gasteiger partial charge in [0.1, 0.15) is 0 Å². The first-order valence-electron chi connectivity index (χ1n) is 4.71. The maximum atomic E-state index is 11.7. The molecule has 1 aliphatic heterocycles. The van der Waals surface area contributed by atoms with Gasteiger partial charge in [-0.3, -0.25) is 0 Å². The second-order valence-corrected chi connectivity index (χ2v) is 6.12. The molecule has 1 heterocycles. The Morgan fingerprint density at radius 1 is 1.43 bits per heavy atom. The zero-order chi connectivity index (χ0) is 10.9. The first-order valence-corrected chi connectivity index (χ1v) is 6.11. The Balaban J connectivity index is 2.73. The molecule has 0 saturated carbocycles. The zero-order valence-corrected chi connectivity index (χ0v) is 9.66. The van der Waals surface area contributed by atoms with Crippen molar-refractivity contribution in [3.8, 4) is 0 Å². The third kappa shape index (κ3) is 2.25. The van der Waals surface area contributed by atoms with E-state index in [1.807, 2.05) is 6.92 Å². The minimum absolute atomic E-state index is 0.0125. The molecule has 0 radical (unpaired) electrons. The van der Waals surface area contributed by atoms with Gasteiger partial charge in [-0.05, 0) is 12.3 Å². The molecule has 1 saturated heterocycles. The molecule has 0 aliphatic carbocycles. The van der Waals surface area contributed by atoms with Crippen LogP contribution >= 0.6 is 0 Å². The van der Waals surface area contributed by atoms with Crippen molar-refractivity contribution in [1.29, 1.82) is 0 Å². The van der Waals surface area contributed by atoms with E-state index >= 15 is 0 Å². The molecule has 84 valence electrons. The summed E-state index contributed by atoms with van der Waals surface area (Å²) in [6, 6.07) is 0. The lowest BCUT2D eigenvalue weighted by Gasteiger charge is -2.34. The zero-order valence-electron chi connectivity index (χ0n) is 8.84. The lowest BCUT2D eigenvalue weighted by atomic mass is 9.99. The molecular formula is C8H18N2O3S. The molecule has 0 aromatic rings. The van der Waals surface area contributed by atoms with E-state index in [2.05, 4.69) is 0 Å². The van der Waals surface area contributed by atoms with Crippen LogP contribution in [0.4, 0.5) is 0 Å². The number of rotatable bonds is 2. The summed E-state index contributed by atoms with van der Waals surface area (Å²) in [7, 11) is -0.263. The minimum Gasteiger partial charge on any atom is -0.393 e. The third-order valence-electron chi connectivity index (χ3n) is 2.61. The first kappa shape index (κ1) is 11.9. The molecule has 14 heavy (non-hydrogen) atoms. The van der Waals surface area contributed by atoms with Gasteiger partial charge in [-0.25, -0.2) is 0 Å². The fraction of sp³-hybridized carbons (Fsp3) is 1.00. The lowest BCUT2D eigenvalue weighted by molar-refractivity contribution is 0.0614. The summed E-state index contributed by atoms with van der Waals surface area (Å²) in [5.74, 6) is 0.0125. The molecule has 1 rings (SSSR count). The van der Waals surface area contributed by atoms with Crippen molar-refractivity contribution in [1.82, 2.24) is 8.61 Å². The van der Waals surface area contributed by atoms with Gasteiger partial charge in [0, 0.05) is 27.2 Å². The third-order valence-corrected chi connectivity index (χ3v) is 4.52. The summed E-state index contributed by atoms with van der Waals surface area (Å²) in [6.45, 7) is 2.68. The number of aliphatic hydroxyl groups is 1. The average Bonchev–Trinajstić information content (AvgIpc) is 2.09. The molecule has 2 atom stereocenters. The van der Waals surface area contributed by atoms with E-state index in [1.165, 1.54) is 22.7 Å². The van der Waals surface area contributed by atoms with Crippen LogP contribution in [0.5, 0.6) is 0 Å². The second kappa shape index (κ2) is 4.14. The normalized spacial score (nSPS) is 30.9. The monoisotopic (exact) mass is 222 g/mol. The molecule has 0 aromatic carbocycles. The van der Waals surface area contributed by atoms with Gasteiger partial charge < -0.3 is 5.11 Å². The first-order chi connectivity index (χ1) is 6.35. The number of hydrogen-bond donors (Lipinski definition) is 1. The van der Waals surface area contributed by atoms with Crippen molar-refractivity contribution in [2.24, 2.45) is 5.92 Å². The van der Waals surface area contributed by atoms with Crippen molar-refractivity contribution in [2.75, 3.05) is 27.2 Å². The smallest absolute Gasteiger partial charge is 0.281 e. The Kier molecular flexibility index (Phi) is 3.52. The summed E-state index contributed by atoms with van der Waals surface area (Å²) >= 11 is 0. The van der Waals surface area contributed by atoms with E-state index < -0.39 is 10.2 Å². The highest BCUT2D eigenvalue weighted by Crippen LogP contribution is 2.19. The van der Waals surface area contributed by atoms with Gasteiger partial charge in [-0.15, -0.1) is 0 Å². The Morgan fingerprint density at radius 2 is 2.00 bits per heavy atom. The van der Waals surface area contributed by atoms with Gasteiger partial charge in [-0.2, -0.15) is 17.0 Å². The van der Waals surface area contributed by atoms with Crippen molar-refractivity contribution in [3.05, 3.63) is 0 Å². The van der Waals surface area contributed by atoms with Crippen LogP contribution in [0.15, 0.2) is 0 Å². The molecule has 2 unspecified atom stereocenters. The van der Waals surface area contributed by atoms with E-state index in [4.69, 9.17) is 0 Å². The molecule has 1 N–H and O–H groups in total. The van der Waals surface area contributed by atoms with Crippen molar-refractivity contribution < 1.29 is 13.5 Å². The van der Waals surface area contributed by atoms with Crippen LogP contribution in [0.1, 0.15) is 13.3 Å². The summed E-state index contributed by atoms with van der Waals surface area (Å²) in [5.41, 5.74) is 0. The highest BCUT2D eigenvalue weighted by atomic mass is 32.2. The molecule has 0 bridgehead atoms. The second-order valence-electron chi connectivity index (χ2n) is 3.98. The molecule has 1 fully saturated rings. The molecule has 5 nitrogen and oxygen atoms in total. The lowest BCUT2D eigenvalue weighted by Crippen LogP contribution is -2.48. The Hall–Kier alpha value is -0.170. The van der Waals surface area contributed by atoms with Crippen LogP contribution in [0.2, 0.25) is 0 Å². The van der Waals surface area contributed by atoms with E-state index in [0.717, 1.165) is 0 Å². The Morgan fingerprint density at radius 3 is 2.43 bits per heavy atom. The number of hydrogen-bond acceptors (Lipinski definition) is 3. The van der Waals surface area contributed by atoms with E-state index in [-0.39, 0.29) is 12.0 Å². The summed E-state index contributed by atoms with van der Waals surface area (Å²) in [6.07, 6.45) is 0.150. The summed E-state index contributed by atoms with van der Waals surface area (Å²) in [5, 5.41) is 9.46. The van der Waals surface area contributed by atoms with Gasteiger partial charge in [0.25, 0.3) is 10.2 Å². The fourth-order valence-corrected chi connectivity index (χ4v) is 2.76.